The second kappa shape index (κ2) is 5.64. The van der Waals surface area contributed by atoms with Crippen LogP contribution in [0, 0.1) is 12.7 Å². The number of ether oxygens (including phenoxy) is 2. The van der Waals surface area contributed by atoms with Crippen molar-refractivity contribution in [2.24, 2.45) is 0 Å². The van der Waals surface area contributed by atoms with E-state index in [-0.39, 0.29) is 11.9 Å². The fourth-order valence-electron chi connectivity index (χ4n) is 2.64. The van der Waals surface area contributed by atoms with E-state index >= 15 is 0 Å². The number of hydrogen-bond acceptors (Lipinski definition) is 3. The van der Waals surface area contributed by atoms with Crippen molar-refractivity contribution in [1.29, 1.82) is 0 Å². The van der Waals surface area contributed by atoms with Gasteiger partial charge in [-0.05, 0) is 36.8 Å². The lowest BCUT2D eigenvalue weighted by molar-refractivity contribution is 0.273. The first-order valence-corrected chi connectivity index (χ1v) is 7.01. The van der Waals surface area contributed by atoms with Crippen LogP contribution in [-0.2, 0) is 0 Å². The highest BCUT2D eigenvalue weighted by Gasteiger charge is 2.23. The number of nitrogens with one attached hydrogen (secondary N) is 1. The van der Waals surface area contributed by atoms with Crippen molar-refractivity contribution in [2.45, 2.75) is 19.4 Å². The van der Waals surface area contributed by atoms with Gasteiger partial charge in [0.05, 0.1) is 25.4 Å². The third-order valence-electron chi connectivity index (χ3n) is 3.80. The van der Waals surface area contributed by atoms with E-state index in [2.05, 4.69) is 5.32 Å². The van der Waals surface area contributed by atoms with Gasteiger partial charge in [-0.15, -0.1) is 0 Å². The zero-order chi connectivity index (χ0) is 14.8. The molecule has 3 rings (SSSR count). The molecular formula is C17H18FNO2. The third kappa shape index (κ3) is 2.66. The molecule has 0 aromatic heterocycles. The van der Waals surface area contributed by atoms with Gasteiger partial charge in [0, 0.05) is 12.0 Å². The molecule has 1 aliphatic rings. The maximum absolute atomic E-state index is 14.0. The smallest absolute Gasteiger partial charge is 0.146 e. The van der Waals surface area contributed by atoms with Crippen molar-refractivity contribution in [3.8, 4) is 11.5 Å². The van der Waals surface area contributed by atoms with Crippen LogP contribution >= 0.6 is 0 Å². The van der Waals surface area contributed by atoms with E-state index in [4.69, 9.17) is 9.47 Å². The van der Waals surface area contributed by atoms with Gasteiger partial charge >= 0.3 is 0 Å². The van der Waals surface area contributed by atoms with Crippen LogP contribution in [0.15, 0.2) is 36.4 Å². The number of anilines is 1. The number of aryl methyl sites for hydroxylation is 1. The number of hydrogen-bond donors (Lipinski definition) is 1. The Labute approximate surface area is 123 Å². The maximum atomic E-state index is 14.0. The molecule has 4 heteroatoms. The number of fused-ring (bicyclic) bond motifs is 1. The van der Waals surface area contributed by atoms with Gasteiger partial charge in [0.1, 0.15) is 17.3 Å². The van der Waals surface area contributed by atoms with Gasteiger partial charge in [-0.3, -0.25) is 0 Å². The Morgan fingerprint density at radius 2 is 2.14 bits per heavy atom. The average Bonchev–Trinajstić information content (AvgIpc) is 2.50. The van der Waals surface area contributed by atoms with Crippen LogP contribution in [0.25, 0.3) is 0 Å². The predicted molar refractivity (Wildman–Crippen MR) is 80.6 cm³/mol. The van der Waals surface area contributed by atoms with Gasteiger partial charge in [0.15, 0.2) is 0 Å². The molecule has 0 fully saturated rings. The first-order valence-electron chi connectivity index (χ1n) is 7.01. The van der Waals surface area contributed by atoms with Crippen molar-refractivity contribution in [1.82, 2.24) is 0 Å². The second-order valence-electron chi connectivity index (χ2n) is 5.17. The molecule has 0 saturated carbocycles. The molecule has 1 heterocycles. The second-order valence-corrected chi connectivity index (χ2v) is 5.17. The van der Waals surface area contributed by atoms with Crippen molar-refractivity contribution in [2.75, 3.05) is 19.0 Å². The first-order chi connectivity index (χ1) is 10.2. The standard InChI is InChI=1S/C17H18FNO2/c1-11-4-3-5-14(18)17(11)19-15-8-9-21-16-7-6-12(20-2)10-13(15)16/h3-7,10,15,19H,8-9H2,1-2H3. The summed E-state index contributed by atoms with van der Waals surface area (Å²) in [6.45, 7) is 2.52. The van der Waals surface area contributed by atoms with E-state index in [9.17, 15) is 4.39 Å². The Hall–Kier alpha value is -2.23. The quantitative estimate of drug-likeness (QED) is 0.922. The van der Waals surface area contributed by atoms with E-state index in [1.807, 2.05) is 31.2 Å². The maximum Gasteiger partial charge on any atom is 0.146 e. The molecular weight excluding hydrogens is 269 g/mol. The summed E-state index contributed by atoms with van der Waals surface area (Å²) in [5.41, 5.74) is 2.45. The van der Waals surface area contributed by atoms with Crippen LogP contribution in [0.2, 0.25) is 0 Å². The van der Waals surface area contributed by atoms with Crippen LogP contribution in [0.5, 0.6) is 11.5 Å². The number of benzene rings is 2. The summed E-state index contributed by atoms with van der Waals surface area (Å²) in [5.74, 6) is 1.37. The molecule has 1 atom stereocenters. The summed E-state index contributed by atoms with van der Waals surface area (Å²) in [6.07, 6.45) is 0.786. The topological polar surface area (TPSA) is 30.5 Å². The number of halogens is 1. The largest absolute Gasteiger partial charge is 0.497 e. The van der Waals surface area contributed by atoms with E-state index in [0.717, 1.165) is 29.0 Å². The van der Waals surface area contributed by atoms with E-state index in [1.165, 1.54) is 6.07 Å². The lowest BCUT2D eigenvalue weighted by Crippen LogP contribution is -2.21. The van der Waals surface area contributed by atoms with Crippen LogP contribution in [-0.4, -0.2) is 13.7 Å². The fourth-order valence-corrected chi connectivity index (χ4v) is 2.64. The minimum absolute atomic E-state index is 0.0134. The molecule has 0 aliphatic carbocycles. The summed E-state index contributed by atoms with van der Waals surface area (Å²) in [5, 5.41) is 3.31. The molecule has 2 aromatic rings. The molecule has 0 spiro atoms. The summed E-state index contributed by atoms with van der Waals surface area (Å²) >= 11 is 0. The molecule has 0 bridgehead atoms. The Balaban J connectivity index is 1.95. The Morgan fingerprint density at radius 3 is 2.90 bits per heavy atom. The molecule has 21 heavy (non-hydrogen) atoms. The van der Waals surface area contributed by atoms with Gasteiger partial charge in [-0.2, -0.15) is 0 Å². The molecule has 0 amide bonds. The minimum Gasteiger partial charge on any atom is -0.497 e. The average molecular weight is 287 g/mol. The molecule has 2 aromatic carbocycles. The summed E-state index contributed by atoms with van der Waals surface area (Å²) in [7, 11) is 1.63. The van der Waals surface area contributed by atoms with E-state index < -0.39 is 0 Å². The molecule has 0 radical (unpaired) electrons. The van der Waals surface area contributed by atoms with Crippen molar-refractivity contribution < 1.29 is 13.9 Å². The predicted octanol–water partition coefficient (Wildman–Crippen LogP) is 4.08. The third-order valence-corrected chi connectivity index (χ3v) is 3.80. The van der Waals surface area contributed by atoms with Crippen molar-refractivity contribution >= 4 is 5.69 Å². The lowest BCUT2D eigenvalue weighted by Gasteiger charge is -2.28. The molecule has 1 N–H and O–H groups in total. The SMILES string of the molecule is COc1ccc2c(c1)C(Nc1c(C)cccc1F)CCO2. The normalized spacial score (nSPS) is 16.8. The van der Waals surface area contributed by atoms with Gasteiger partial charge < -0.3 is 14.8 Å². The van der Waals surface area contributed by atoms with Gasteiger partial charge in [-0.1, -0.05) is 12.1 Å². The zero-order valence-electron chi connectivity index (χ0n) is 12.2. The molecule has 0 saturated heterocycles. The lowest BCUT2D eigenvalue weighted by atomic mass is 9.99. The fraction of sp³-hybridized carbons (Fsp3) is 0.294. The minimum atomic E-state index is -0.231. The van der Waals surface area contributed by atoms with Crippen LogP contribution in [0.4, 0.5) is 10.1 Å². The number of methoxy groups -OCH3 is 1. The van der Waals surface area contributed by atoms with Gasteiger partial charge in [0.25, 0.3) is 0 Å². The van der Waals surface area contributed by atoms with Gasteiger partial charge in [0.2, 0.25) is 0 Å². The highest BCUT2D eigenvalue weighted by molar-refractivity contribution is 5.55. The van der Waals surface area contributed by atoms with E-state index in [0.29, 0.717) is 12.3 Å². The van der Waals surface area contributed by atoms with Crippen molar-refractivity contribution in [3.05, 3.63) is 53.3 Å². The molecule has 110 valence electrons. The van der Waals surface area contributed by atoms with Crippen LogP contribution in [0.3, 0.4) is 0 Å². The summed E-state index contributed by atoms with van der Waals surface area (Å²) < 4.78 is 24.9. The monoisotopic (exact) mass is 287 g/mol. The highest BCUT2D eigenvalue weighted by atomic mass is 19.1. The first kappa shape index (κ1) is 13.7. The number of rotatable bonds is 3. The van der Waals surface area contributed by atoms with Crippen LogP contribution < -0.4 is 14.8 Å². The Morgan fingerprint density at radius 1 is 1.29 bits per heavy atom. The van der Waals surface area contributed by atoms with E-state index in [1.54, 1.807) is 13.2 Å². The summed E-state index contributed by atoms with van der Waals surface area (Å²) in [4.78, 5) is 0. The van der Waals surface area contributed by atoms with Crippen molar-refractivity contribution in [3.63, 3.8) is 0 Å². The Kier molecular flexibility index (Phi) is 3.69. The molecule has 1 aliphatic heterocycles. The zero-order valence-corrected chi connectivity index (χ0v) is 12.2. The van der Waals surface area contributed by atoms with Crippen LogP contribution in [0.1, 0.15) is 23.6 Å². The Bertz CT molecular complexity index is 637. The molecule has 3 nitrogen and oxygen atoms in total. The highest BCUT2D eigenvalue weighted by Crippen LogP contribution is 2.37. The summed E-state index contributed by atoms with van der Waals surface area (Å²) in [6, 6.07) is 10.8. The molecule has 1 unspecified atom stereocenters. The number of para-hydroxylation sites is 1. The van der Waals surface area contributed by atoms with Gasteiger partial charge in [-0.25, -0.2) is 4.39 Å².